The van der Waals surface area contributed by atoms with Gasteiger partial charge in [-0.2, -0.15) is 10.1 Å². The highest BCUT2D eigenvalue weighted by Gasteiger charge is 2.37. The number of hydrazone groups is 1. The number of carbonyl (C=O) groups is 1. The molecular weight excluding hydrogens is 502 g/mol. The van der Waals surface area contributed by atoms with Crippen molar-refractivity contribution in [2.24, 2.45) is 5.10 Å². The van der Waals surface area contributed by atoms with E-state index < -0.39 is 46.5 Å². The van der Waals surface area contributed by atoms with Crippen LogP contribution in [0.4, 0.5) is 32.0 Å². The molecule has 0 aromatic heterocycles. The Morgan fingerprint density at radius 2 is 1.51 bits per heavy atom. The smallest absolute Gasteiger partial charge is 0.280 e. The minimum Gasteiger partial charge on any atom is -0.490 e. The largest absolute Gasteiger partial charge is 0.490 e. The average Bonchev–Trinajstić information content (AvgIpc) is 3.15. The van der Waals surface area contributed by atoms with Crippen molar-refractivity contribution in [3.63, 3.8) is 0 Å². The third kappa shape index (κ3) is 4.89. The molecule has 192 valence electrons. The summed E-state index contributed by atoms with van der Waals surface area (Å²) in [7, 11) is 0. The molecule has 0 saturated carbocycles. The molecule has 0 radical (unpaired) electrons. The molecule has 0 spiro atoms. The fourth-order valence-corrected chi connectivity index (χ4v) is 3.55. The van der Waals surface area contributed by atoms with Gasteiger partial charge in [0.15, 0.2) is 34.8 Å². The Morgan fingerprint density at radius 3 is 2.16 bits per heavy atom. The number of carbonyl (C=O) groups excluding carboxylic acids is 1. The molecule has 3 aromatic carbocycles. The molecule has 3 aromatic rings. The Balaban J connectivity index is 1.64. The lowest BCUT2D eigenvalue weighted by Crippen LogP contribution is -2.25. The topological polar surface area (TPSA) is 51.1 Å². The van der Waals surface area contributed by atoms with E-state index in [2.05, 4.69) is 5.10 Å². The standard InChI is InChI=1S/C26H18F6N2O3/c1-3-36-19-11-14(8-9-18(19)37-12-15-6-4-5-7-17(15)27)10-16-13(2)33-34(26(16)35)25-23(31)21(29)20(28)22(30)24(25)32/h4-11H,3,12H2,1-2H3/b16-10+. The molecule has 4 rings (SSSR count). The zero-order chi connectivity index (χ0) is 26.9. The summed E-state index contributed by atoms with van der Waals surface area (Å²) in [5.41, 5.74) is -0.930. The van der Waals surface area contributed by atoms with E-state index in [0.29, 0.717) is 16.9 Å². The quantitative estimate of drug-likeness (QED) is 0.159. The van der Waals surface area contributed by atoms with Gasteiger partial charge in [0, 0.05) is 5.56 Å². The minimum absolute atomic E-state index is 0.0215. The van der Waals surface area contributed by atoms with E-state index in [0.717, 1.165) is 0 Å². The van der Waals surface area contributed by atoms with Crippen molar-refractivity contribution >= 4 is 23.4 Å². The molecule has 1 aliphatic heterocycles. The third-order valence-electron chi connectivity index (χ3n) is 5.38. The Bertz CT molecular complexity index is 1430. The van der Waals surface area contributed by atoms with Crippen LogP contribution in [0.3, 0.4) is 0 Å². The molecule has 0 fully saturated rings. The molecule has 0 N–H and O–H groups in total. The average molecular weight is 520 g/mol. The van der Waals surface area contributed by atoms with Crippen LogP contribution in [0, 0.1) is 34.9 Å². The van der Waals surface area contributed by atoms with Gasteiger partial charge in [-0.05, 0) is 43.7 Å². The summed E-state index contributed by atoms with van der Waals surface area (Å²) in [6.45, 7) is 3.24. The van der Waals surface area contributed by atoms with Crippen molar-refractivity contribution in [3.05, 3.63) is 94.1 Å². The first-order chi connectivity index (χ1) is 17.6. The normalized spacial score (nSPS) is 14.4. The first-order valence-electron chi connectivity index (χ1n) is 10.9. The highest BCUT2D eigenvalue weighted by Crippen LogP contribution is 2.35. The number of hydrogen-bond donors (Lipinski definition) is 0. The number of rotatable bonds is 7. The summed E-state index contributed by atoms with van der Waals surface area (Å²) in [5, 5.41) is 3.84. The second-order valence-electron chi connectivity index (χ2n) is 7.80. The van der Waals surface area contributed by atoms with Crippen LogP contribution in [0.2, 0.25) is 0 Å². The molecule has 5 nitrogen and oxygen atoms in total. The highest BCUT2D eigenvalue weighted by molar-refractivity contribution is 6.32. The summed E-state index contributed by atoms with van der Waals surface area (Å²) in [6, 6.07) is 10.6. The van der Waals surface area contributed by atoms with E-state index in [9.17, 15) is 31.1 Å². The van der Waals surface area contributed by atoms with E-state index in [1.54, 1.807) is 25.1 Å². The van der Waals surface area contributed by atoms with Gasteiger partial charge in [-0.25, -0.2) is 26.3 Å². The van der Waals surface area contributed by atoms with Gasteiger partial charge in [0.2, 0.25) is 5.82 Å². The van der Waals surface area contributed by atoms with E-state index >= 15 is 0 Å². The fourth-order valence-electron chi connectivity index (χ4n) is 3.55. The summed E-state index contributed by atoms with van der Waals surface area (Å²) >= 11 is 0. The lowest BCUT2D eigenvalue weighted by Gasteiger charge is -2.15. The van der Waals surface area contributed by atoms with Crippen molar-refractivity contribution in [1.29, 1.82) is 0 Å². The molecule has 0 aliphatic carbocycles. The number of anilines is 1. The molecule has 0 unspecified atom stereocenters. The molecule has 0 atom stereocenters. The lowest BCUT2D eigenvalue weighted by atomic mass is 10.1. The lowest BCUT2D eigenvalue weighted by molar-refractivity contribution is -0.114. The maximum absolute atomic E-state index is 14.3. The van der Waals surface area contributed by atoms with Crippen LogP contribution in [0.1, 0.15) is 25.0 Å². The third-order valence-corrected chi connectivity index (χ3v) is 5.38. The number of ether oxygens (including phenoxy) is 2. The molecule has 0 bridgehead atoms. The summed E-state index contributed by atoms with van der Waals surface area (Å²) in [6.07, 6.45) is 1.32. The van der Waals surface area contributed by atoms with Crippen molar-refractivity contribution < 1.29 is 40.6 Å². The van der Waals surface area contributed by atoms with Gasteiger partial charge in [0.05, 0.1) is 17.9 Å². The number of hydrogen-bond acceptors (Lipinski definition) is 4. The fraction of sp³-hybridized carbons (Fsp3) is 0.154. The van der Waals surface area contributed by atoms with E-state index in [1.165, 1.54) is 37.3 Å². The Morgan fingerprint density at radius 1 is 0.865 bits per heavy atom. The van der Waals surface area contributed by atoms with E-state index in [1.807, 2.05) is 0 Å². The minimum atomic E-state index is -2.34. The molecule has 37 heavy (non-hydrogen) atoms. The van der Waals surface area contributed by atoms with E-state index in [-0.39, 0.29) is 35.3 Å². The summed E-state index contributed by atoms with van der Waals surface area (Å²) in [4.78, 5) is 12.9. The number of halogens is 6. The molecular formula is C26H18F6N2O3. The zero-order valence-corrected chi connectivity index (χ0v) is 19.4. The van der Waals surface area contributed by atoms with Gasteiger partial charge in [-0.15, -0.1) is 0 Å². The first-order valence-corrected chi connectivity index (χ1v) is 10.9. The molecule has 1 heterocycles. The molecule has 11 heteroatoms. The van der Waals surface area contributed by atoms with Crippen LogP contribution < -0.4 is 14.5 Å². The predicted octanol–water partition coefficient (Wildman–Crippen LogP) is 6.31. The summed E-state index contributed by atoms with van der Waals surface area (Å²) in [5.74, 6) is -12.1. The second-order valence-corrected chi connectivity index (χ2v) is 7.80. The Hall–Kier alpha value is -4.28. The van der Waals surface area contributed by atoms with Gasteiger partial charge < -0.3 is 9.47 Å². The Labute approximate surface area is 207 Å². The highest BCUT2D eigenvalue weighted by atomic mass is 19.2. The van der Waals surface area contributed by atoms with Crippen molar-refractivity contribution in [2.75, 3.05) is 11.6 Å². The van der Waals surface area contributed by atoms with Crippen LogP contribution in [-0.4, -0.2) is 18.2 Å². The van der Waals surface area contributed by atoms with Crippen LogP contribution >= 0.6 is 0 Å². The van der Waals surface area contributed by atoms with Crippen molar-refractivity contribution in [1.82, 2.24) is 0 Å². The van der Waals surface area contributed by atoms with Crippen molar-refractivity contribution in [3.8, 4) is 11.5 Å². The predicted molar refractivity (Wildman–Crippen MR) is 123 cm³/mol. The Kier molecular flexibility index (Phi) is 7.23. The maximum Gasteiger partial charge on any atom is 0.280 e. The summed E-state index contributed by atoms with van der Waals surface area (Å²) < 4.78 is 94.4. The van der Waals surface area contributed by atoms with Gasteiger partial charge in [0.1, 0.15) is 18.1 Å². The van der Waals surface area contributed by atoms with Gasteiger partial charge >= 0.3 is 0 Å². The van der Waals surface area contributed by atoms with Crippen molar-refractivity contribution in [2.45, 2.75) is 20.5 Å². The molecule has 0 saturated heterocycles. The second kappa shape index (κ2) is 10.4. The molecule has 1 amide bonds. The monoisotopic (exact) mass is 520 g/mol. The number of amides is 1. The van der Waals surface area contributed by atoms with Gasteiger partial charge in [-0.1, -0.05) is 24.3 Å². The van der Waals surface area contributed by atoms with Crippen LogP contribution in [-0.2, 0) is 11.4 Å². The van der Waals surface area contributed by atoms with E-state index in [4.69, 9.17) is 9.47 Å². The van der Waals surface area contributed by atoms with Crippen LogP contribution in [0.5, 0.6) is 11.5 Å². The maximum atomic E-state index is 14.3. The number of benzene rings is 3. The number of nitrogens with zero attached hydrogens (tertiary/aromatic N) is 2. The van der Waals surface area contributed by atoms with Gasteiger partial charge in [0.25, 0.3) is 5.91 Å². The first kappa shape index (κ1) is 25.8. The van der Waals surface area contributed by atoms with Crippen LogP contribution in [0.25, 0.3) is 6.08 Å². The van der Waals surface area contributed by atoms with Crippen LogP contribution in [0.15, 0.2) is 53.1 Å². The molecule has 1 aliphatic rings. The SMILES string of the molecule is CCOc1cc(/C=C2/C(=O)N(c3c(F)c(F)c(F)c(F)c3F)N=C2C)ccc1OCc1ccccc1F. The van der Waals surface area contributed by atoms with Gasteiger partial charge in [-0.3, -0.25) is 4.79 Å². The zero-order valence-electron chi connectivity index (χ0n) is 19.4.